The van der Waals surface area contributed by atoms with Gasteiger partial charge in [0, 0.05) is 22.7 Å². The van der Waals surface area contributed by atoms with Crippen molar-refractivity contribution in [1.82, 2.24) is 4.90 Å². The first-order chi connectivity index (χ1) is 11.4. The molecule has 0 saturated carbocycles. The van der Waals surface area contributed by atoms with Gasteiger partial charge >= 0.3 is 0 Å². The summed E-state index contributed by atoms with van der Waals surface area (Å²) in [4.78, 5) is 14.7. The van der Waals surface area contributed by atoms with Crippen LogP contribution in [0.1, 0.15) is 19.6 Å². The Hall–Kier alpha value is -1.37. The van der Waals surface area contributed by atoms with Crippen molar-refractivity contribution >= 4 is 56.2 Å². The van der Waals surface area contributed by atoms with Crippen molar-refractivity contribution in [2.75, 3.05) is 6.54 Å². The van der Waals surface area contributed by atoms with Gasteiger partial charge in [-0.3, -0.25) is 9.69 Å². The lowest BCUT2D eigenvalue weighted by Gasteiger charge is -2.16. The molecule has 1 aromatic carbocycles. The van der Waals surface area contributed by atoms with Gasteiger partial charge in [0.15, 0.2) is 0 Å². The Morgan fingerprint density at radius 2 is 1.96 bits per heavy atom. The Kier molecular flexibility index (Phi) is 5.27. The van der Waals surface area contributed by atoms with Crippen LogP contribution in [0.2, 0.25) is 0 Å². The number of amides is 1. The standard InChI is InChI=1S/C18H16BrNO2S2/c1-11(2)10-20-17(21)16(24-18(20)23)9-14-7-8-15(22-14)12-3-5-13(19)6-4-12/h3-9,11H,10H2,1-2H3/b16-9-. The van der Waals surface area contributed by atoms with E-state index in [9.17, 15) is 4.79 Å². The Morgan fingerprint density at radius 1 is 1.25 bits per heavy atom. The normalized spacial score (nSPS) is 16.7. The van der Waals surface area contributed by atoms with E-state index in [-0.39, 0.29) is 5.91 Å². The first-order valence-corrected chi connectivity index (χ1v) is 9.57. The molecule has 0 spiro atoms. The highest BCUT2D eigenvalue weighted by molar-refractivity contribution is 9.10. The maximum absolute atomic E-state index is 12.5. The van der Waals surface area contributed by atoms with Crippen LogP contribution in [0, 0.1) is 5.92 Å². The van der Waals surface area contributed by atoms with Crippen LogP contribution in [0.4, 0.5) is 0 Å². The first kappa shape index (κ1) is 17.5. The second-order valence-electron chi connectivity index (χ2n) is 5.90. The van der Waals surface area contributed by atoms with Crippen LogP contribution in [0.3, 0.4) is 0 Å². The predicted octanol–water partition coefficient (Wildman–Crippen LogP) is 5.57. The van der Waals surface area contributed by atoms with Gasteiger partial charge in [0.25, 0.3) is 5.91 Å². The molecule has 0 N–H and O–H groups in total. The third-order valence-electron chi connectivity index (χ3n) is 3.45. The summed E-state index contributed by atoms with van der Waals surface area (Å²) in [6, 6.07) is 11.7. The van der Waals surface area contributed by atoms with Gasteiger partial charge in [-0.25, -0.2) is 0 Å². The molecule has 3 rings (SSSR count). The van der Waals surface area contributed by atoms with Crippen molar-refractivity contribution in [3.05, 3.63) is 51.5 Å². The fourth-order valence-corrected chi connectivity index (χ4v) is 3.87. The third-order valence-corrected chi connectivity index (χ3v) is 5.36. The van der Waals surface area contributed by atoms with Crippen LogP contribution in [-0.4, -0.2) is 21.7 Å². The maximum atomic E-state index is 12.5. The molecule has 0 radical (unpaired) electrons. The highest BCUT2D eigenvalue weighted by Gasteiger charge is 2.32. The second kappa shape index (κ2) is 7.25. The van der Waals surface area contributed by atoms with Gasteiger partial charge in [-0.15, -0.1) is 0 Å². The molecular formula is C18H16BrNO2S2. The Labute approximate surface area is 159 Å². The Balaban J connectivity index is 1.81. The number of carbonyl (C=O) groups excluding carboxylic acids is 1. The molecule has 0 aliphatic carbocycles. The molecule has 1 aliphatic rings. The number of rotatable bonds is 4. The summed E-state index contributed by atoms with van der Waals surface area (Å²) >= 11 is 10.1. The van der Waals surface area contributed by atoms with Crippen LogP contribution in [-0.2, 0) is 4.79 Å². The molecule has 2 heterocycles. The minimum Gasteiger partial charge on any atom is -0.457 e. The molecule has 2 aromatic rings. The van der Waals surface area contributed by atoms with Gasteiger partial charge in [-0.1, -0.05) is 65.9 Å². The summed E-state index contributed by atoms with van der Waals surface area (Å²) in [6.45, 7) is 4.78. The van der Waals surface area contributed by atoms with E-state index in [0.717, 1.165) is 15.8 Å². The Bertz CT molecular complexity index is 809. The molecule has 1 amide bonds. The van der Waals surface area contributed by atoms with Gasteiger partial charge in [0.1, 0.15) is 15.8 Å². The quantitative estimate of drug-likeness (QED) is 0.477. The molecule has 0 bridgehead atoms. The van der Waals surface area contributed by atoms with E-state index in [1.807, 2.05) is 36.4 Å². The van der Waals surface area contributed by atoms with Gasteiger partial charge in [0.2, 0.25) is 0 Å². The second-order valence-corrected chi connectivity index (χ2v) is 8.49. The number of thioether (sulfide) groups is 1. The fraction of sp³-hybridized carbons (Fsp3) is 0.222. The van der Waals surface area contributed by atoms with E-state index in [0.29, 0.717) is 27.4 Å². The fourth-order valence-electron chi connectivity index (χ4n) is 2.35. The van der Waals surface area contributed by atoms with Gasteiger partial charge < -0.3 is 4.42 Å². The van der Waals surface area contributed by atoms with E-state index in [1.54, 1.807) is 11.0 Å². The lowest BCUT2D eigenvalue weighted by molar-refractivity contribution is -0.122. The number of hydrogen-bond acceptors (Lipinski definition) is 4. The minimum atomic E-state index is -0.0414. The number of furan rings is 1. The Morgan fingerprint density at radius 3 is 2.62 bits per heavy atom. The lowest BCUT2D eigenvalue weighted by atomic mass is 10.2. The van der Waals surface area contributed by atoms with Gasteiger partial charge in [-0.2, -0.15) is 0 Å². The molecule has 0 unspecified atom stereocenters. The molecule has 0 atom stereocenters. The van der Waals surface area contributed by atoms with Crippen molar-refractivity contribution in [2.24, 2.45) is 5.92 Å². The average molecular weight is 422 g/mol. The largest absolute Gasteiger partial charge is 0.457 e. The molecule has 6 heteroatoms. The molecule has 1 fully saturated rings. The smallest absolute Gasteiger partial charge is 0.266 e. The number of benzene rings is 1. The summed E-state index contributed by atoms with van der Waals surface area (Å²) in [6.07, 6.45) is 1.77. The lowest BCUT2D eigenvalue weighted by Crippen LogP contribution is -2.31. The highest BCUT2D eigenvalue weighted by Crippen LogP contribution is 2.34. The molecule has 3 nitrogen and oxygen atoms in total. The SMILES string of the molecule is CC(C)CN1C(=O)/C(=C/c2ccc(-c3ccc(Br)cc3)o2)SC1=S. The maximum Gasteiger partial charge on any atom is 0.266 e. The summed E-state index contributed by atoms with van der Waals surface area (Å²) < 4.78 is 7.48. The van der Waals surface area contributed by atoms with Gasteiger partial charge in [-0.05, 0) is 30.2 Å². The zero-order chi connectivity index (χ0) is 17.3. The third kappa shape index (κ3) is 3.82. The van der Waals surface area contributed by atoms with E-state index in [1.165, 1.54) is 11.8 Å². The van der Waals surface area contributed by atoms with Crippen molar-refractivity contribution in [3.63, 3.8) is 0 Å². The number of halogens is 1. The zero-order valence-electron chi connectivity index (χ0n) is 13.3. The van der Waals surface area contributed by atoms with Gasteiger partial charge in [0.05, 0.1) is 4.91 Å². The van der Waals surface area contributed by atoms with E-state index in [4.69, 9.17) is 16.6 Å². The topological polar surface area (TPSA) is 33.5 Å². The van der Waals surface area contributed by atoms with Crippen molar-refractivity contribution in [1.29, 1.82) is 0 Å². The number of thiocarbonyl (C=S) groups is 1. The average Bonchev–Trinajstić information content (AvgIpc) is 3.09. The summed E-state index contributed by atoms with van der Waals surface area (Å²) in [5.41, 5.74) is 0.991. The van der Waals surface area contributed by atoms with E-state index in [2.05, 4.69) is 29.8 Å². The van der Waals surface area contributed by atoms with Crippen LogP contribution in [0.15, 0.2) is 50.2 Å². The van der Waals surface area contributed by atoms with Crippen LogP contribution >= 0.6 is 39.9 Å². The zero-order valence-corrected chi connectivity index (χ0v) is 16.5. The number of nitrogens with zero attached hydrogens (tertiary/aromatic N) is 1. The predicted molar refractivity (Wildman–Crippen MR) is 107 cm³/mol. The van der Waals surface area contributed by atoms with Crippen molar-refractivity contribution in [3.8, 4) is 11.3 Å². The molecular weight excluding hydrogens is 406 g/mol. The van der Waals surface area contributed by atoms with Crippen molar-refractivity contribution < 1.29 is 9.21 Å². The van der Waals surface area contributed by atoms with Crippen molar-refractivity contribution in [2.45, 2.75) is 13.8 Å². The molecule has 124 valence electrons. The number of hydrogen-bond donors (Lipinski definition) is 0. The van der Waals surface area contributed by atoms with E-state index >= 15 is 0 Å². The molecule has 1 aromatic heterocycles. The summed E-state index contributed by atoms with van der Waals surface area (Å²) in [5.74, 6) is 1.75. The van der Waals surface area contributed by atoms with E-state index < -0.39 is 0 Å². The molecule has 1 saturated heterocycles. The summed E-state index contributed by atoms with van der Waals surface area (Å²) in [7, 11) is 0. The molecule has 1 aliphatic heterocycles. The van der Waals surface area contributed by atoms with Crippen LogP contribution < -0.4 is 0 Å². The number of carbonyl (C=O) groups is 1. The molecule has 24 heavy (non-hydrogen) atoms. The first-order valence-electron chi connectivity index (χ1n) is 7.55. The minimum absolute atomic E-state index is 0.0414. The van der Waals surface area contributed by atoms with Crippen LogP contribution in [0.25, 0.3) is 17.4 Å². The van der Waals surface area contributed by atoms with Crippen LogP contribution in [0.5, 0.6) is 0 Å². The summed E-state index contributed by atoms with van der Waals surface area (Å²) in [5, 5.41) is 0. The monoisotopic (exact) mass is 421 g/mol. The highest BCUT2D eigenvalue weighted by atomic mass is 79.9.